The first-order valence-electron chi connectivity index (χ1n) is 6.54. The number of rotatable bonds is 5. The van der Waals surface area contributed by atoms with E-state index < -0.39 is 0 Å². The monoisotopic (exact) mass is 303 g/mol. The smallest absolute Gasteiger partial charge is 0.256 e. The highest BCUT2D eigenvalue weighted by Crippen LogP contribution is 2.26. The molecule has 5 heteroatoms. The quantitative estimate of drug-likeness (QED) is 0.679. The SMILES string of the molecule is COc1ccc(C#CCCO)c(CSc2nc(C)co2)c1. The van der Waals surface area contributed by atoms with Crippen LogP contribution in [0, 0.1) is 18.8 Å². The van der Waals surface area contributed by atoms with Gasteiger partial charge < -0.3 is 14.3 Å². The van der Waals surface area contributed by atoms with Gasteiger partial charge in [-0.1, -0.05) is 23.6 Å². The topological polar surface area (TPSA) is 55.5 Å². The van der Waals surface area contributed by atoms with Crippen molar-refractivity contribution < 1.29 is 14.3 Å². The molecule has 1 heterocycles. The highest BCUT2D eigenvalue weighted by Gasteiger charge is 2.07. The number of aromatic nitrogens is 1. The first kappa shape index (κ1) is 15.5. The van der Waals surface area contributed by atoms with Crippen molar-refractivity contribution in [2.75, 3.05) is 13.7 Å². The third-order valence-electron chi connectivity index (χ3n) is 2.72. The molecule has 0 amide bonds. The van der Waals surface area contributed by atoms with E-state index in [4.69, 9.17) is 14.3 Å². The number of thioether (sulfide) groups is 1. The summed E-state index contributed by atoms with van der Waals surface area (Å²) in [4.78, 5) is 4.27. The molecule has 1 aromatic heterocycles. The van der Waals surface area contributed by atoms with Crippen LogP contribution < -0.4 is 4.74 Å². The van der Waals surface area contributed by atoms with Gasteiger partial charge >= 0.3 is 0 Å². The number of hydrogen-bond acceptors (Lipinski definition) is 5. The normalized spacial score (nSPS) is 10.0. The molecule has 2 aromatic rings. The van der Waals surface area contributed by atoms with E-state index in [1.807, 2.05) is 25.1 Å². The number of aliphatic hydroxyl groups excluding tert-OH is 1. The number of aliphatic hydroxyl groups is 1. The number of benzene rings is 1. The lowest BCUT2D eigenvalue weighted by molar-refractivity contribution is 0.305. The Hall–Kier alpha value is -1.90. The summed E-state index contributed by atoms with van der Waals surface area (Å²) in [5.41, 5.74) is 2.85. The highest BCUT2D eigenvalue weighted by molar-refractivity contribution is 7.98. The summed E-state index contributed by atoms with van der Waals surface area (Å²) in [7, 11) is 1.64. The first-order valence-corrected chi connectivity index (χ1v) is 7.53. The van der Waals surface area contributed by atoms with Gasteiger partial charge in [-0.2, -0.15) is 0 Å². The molecule has 0 bridgehead atoms. The standard InChI is InChI=1S/C16H17NO3S/c1-12-10-20-16(17-12)21-11-14-9-15(19-2)7-6-13(14)5-3-4-8-18/h6-7,9-10,18H,4,8,11H2,1-2H3. The number of methoxy groups -OCH3 is 1. The fourth-order valence-corrected chi connectivity index (χ4v) is 2.53. The van der Waals surface area contributed by atoms with E-state index >= 15 is 0 Å². The molecule has 0 fully saturated rings. The van der Waals surface area contributed by atoms with Crippen LogP contribution in [0.3, 0.4) is 0 Å². The van der Waals surface area contributed by atoms with Crippen molar-refractivity contribution in [2.45, 2.75) is 24.3 Å². The van der Waals surface area contributed by atoms with Crippen LogP contribution in [0.4, 0.5) is 0 Å². The van der Waals surface area contributed by atoms with Crippen molar-refractivity contribution in [1.29, 1.82) is 0 Å². The predicted octanol–water partition coefficient (Wildman–Crippen LogP) is 3.02. The molecule has 2 rings (SSSR count). The second-order valence-electron chi connectivity index (χ2n) is 4.34. The molecule has 4 nitrogen and oxygen atoms in total. The Morgan fingerprint density at radius 1 is 1.43 bits per heavy atom. The summed E-state index contributed by atoms with van der Waals surface area (Å²) in [6, 6.07) is 5.78. The Kier molecular flexibility index (Phi) is 5.73. The average Bonchev–Trinajstić information content (AvgIpc) is 2.92. The summed E-state index contributed by atoms with van der Waals surface area (Å²) in [6.07, 6.45) is 2.10. The second kappa shape index (κ2) is 7.77. The minimum Gasteiger partial charge on any atom is -0.497 e. The maximum atomic E-state index is 8.80. The zero-order valence-corrected chi connectivity index (χ0v) is 12.9. The summed E-state index contributed by atoms with van der Waals surface area (Å²) in [5.74, 6) is 7.51. The fraction of sp³-hybridized carbons (Fsp3) is 0.312. The number of aryl methyl sites for hydroxylation is 1. The van der Waals surface area contributed by atoms with E-state index in [-0.39, 0.29) is 6.61 Å². The molecular formula is C16H17NO3S. The maximum absolute atomic E-state index is 8.80. The second-order valence-corrected chi connectivity index (χ2v) is 5.27. The first-order chi connectivity index (χ1) is 10.2. The summed E-state index contributed by atoms with van der Waals surface area (Å²) < 4.78 is 10.6. The van der Waals surface area contributed by atoms with Gasteiger partial charge in [-0.25, -0.2) is 4.98 Å². The number of nitrogens with zero attached hydrogens (tertiary/aromatic N) is 1. The Labute approximate surface area is 128 Å². The van der Waals surface area contributed by atoms with Gasteiger partial charge in [-0.3, -0.25) is 0 Å². The van der Waals surface area contributed by atoms with Gasteiger partial charge in [0.15, 0.2) is 0 Å². The summed E-state index contributed by atoms with van der Waals surface area (Å²) in [6.45, 7) is 1.97. The molecule has 0 saturated carbocycles. The van der Waals surface area contributed by atoms with Gasteiger partial charge in [-0.15, -0.1) is 0 Å². The van der Waals surface area contributed by atoms with Crippen molar-refractivity contribution >= 4 is 11.8 Å². The van der Waals surface area contributed by atoms with Crippen molar-refractivity contribution in [2.24, 2.45) is 0 Å². The maximum Gasteiger partial charge on any atom is 0.256 e. The Morgan fingerprint density at radius 2 is 2.29 bits per heavy atom. The number of hydrogen-bond donors (Lipinski definition) is 1. The van der Waals surface area contributed by atoms with Crippen LogP contribution in [0.25, 0.3) is 0 Å². The van der Waals surface area contributed by atoms with Crippen LogP contribution in [0.1, 0.15) is 23.2 Å². The van der Waals surface area contributed by atoms with E-state index in [9.17, 15) is 0 Å². The molecule has 0 aliphatic heterocycles. The van der Waals surface area contributed by atoms with Crippen molar-refractivity contribution in [3.05, 3.63) is 41.3 Å². The molecule has 0 spiro atoms. The Morgan fingerprint density at radius 3 is 2.95 bits per heavy atom. The molecule has 110 valence electrons. The van der Waals surface area contributed by atoms with Gasteiger partial charge in [0.25, 0.3) is 5.22 Å². The molecular weight excluding hydrogens is 286 g/mol. The lowest BCUT2D eigenvalue weighted by Crippen LogP contribution is -1.91. The van der Waals surface area contributed by atoms with Gasteiger partial charge in [0.2, 0.25) is 0 Å². The van der Waals surface area contributed by atoms with Crippen LogP contribution in [0.15, 0.2) is 34.1 Å². The molecule has 1 aromatic carbocycles. The summed E-state index contributed by atoms with van der Waals surface area (Å²) in [5, 5.41) is 9.45. The van der Waals surface area contributed by atoms with Crippen LogP contribution in [-0.4, -0.2) is 23.8 Å². The lowest BCUT2D eigenvalue weighted by Gasteiger charge is -2.06. The lowest BCUT2D eigenvalue weighted by atomic mass is 10.1. The third-order valence-corrected chi connectivity index (χ3v) is 3.61. The van der Waals surface area contributed by atoms with Crippen LogP contribution in [-0.2, 0) is 5.75 Å². The minimum absolute atomic E-state index is 0.0723. The number of ether oxygens (including phenoxy) is 1. The Bertz CT molecular complexity index is 655. The van der Waals surface area contributed by atoms with Crippen molar-refractivity contribution in [1.82, 2.24) is 4.98 Å². The van der Waals surface area contributed by atoms with E-state index in [0.717, 1.165) is 22.6 Å². The number of oxazole rings is 1. The molecule has 0 radical (unpaired) electrons. The largest absolute Gasteiger partial charge is 0.497 e. The van der Waals surface area contributed by atoms with Crippen molar-refractivity contribution in [3.63, 3.8) is 0 Å². The van der Waals surface area contributed by atoms with Gasteiger partial charge in [0, 0.05) is 17.7 Å². The molecule has 0 saturated heterocycles. The molecule has 21 heavy (non-hydrogen) atoms. The molecule has 0 aliphatic rings. The molecule has 0 unspecified atom stereocenters. The van der Waals surface area contributed by atoms with Gasteiger partial charge in [0.1, 0.15) is 12.0 Å². The van der Waals surface area contributed by atoms with Gasteiger partial charge in [-0.05, 0) is 30.7 Å². The van der Waals surface area contributed by atoms with E-state index in [0.29, 0.717) is 17.4 Å². The van der Waals surface area contributed by atoms with E-state index in [1.54, 1.807) is 13.4 Å². The van der Waals surface area contributed by atoms with Crippen LogP contribution in [0.5, 0.6) is 5.75 Å². The molecule has 0 aliphatic carbocycles. The summed E-state index contributed by atoms with van der Waals surface area (Å²) >= 11 is 1.52. The van der Waals surface area contributed by atoms with Crippen LogP contribution >= 0.6 is 11.8 Å². The molecule has 0 atom stereocenters. The van der Waals surface area contributed by atoms with Gasteiger partial charge in [0.05, 0.1) is 19.4 Å². The predicted molar refractivity (Wildman–Crippen MR) is 82.4 cm³/mol. The van der Waals surface area contributed by atoms with E-state index in [2.05, 4.69) is 16.8 Å². The average molecular weight is 303 g/mol. The third kappa shape index (κ3) is 4.55. The van der Waals surface area contributed by atoms with E-state index in [1.165, 1.54) is 11.8 Å². The fourth-order valence-electron chi connectivity index (χ4n) is 1.69. The highest BCUT2D eigenvalue weighted by atomic mass is 32.2. The van der Waals surface area contributed by atoms with Crippen LogP contribution in [0.2, 0.25) is 0 Å². The molecule has 1 N–H and O–H groups in total. The van der Waals surface area contributed by atoms with Crippen molar-refractivity contribution in [3.8, 4) is 17.6 Å². The minimum atomic E-state index is 0.0723. The Balaban J connectivity index is 2.16. The zero-order valence-electron chi connectivity index (χ0n) is 12.0. The zero-order chi connectivity index (χ0) is 15.1.